The summed E-state index contributed by atoms with van der Waals surface area (Å²) in [7, 11) is 0. The number of aromatic nitrogens is 6. The molecule has 9 nitrogen and oxygen atoms in total. The molecule has 0 saturated carbocycles. The molecule has 9 heteroatoms. The number of nitriles is 2. The van der Waals surface area contributed by atoms with Gasteiger partial charge in [-0.05, 0) is 66.7 Å². The van der Waals surface area contributed by atoms with Gasteiger partial charge < -0.3 is 13.7 Å². The number of para-hydroxylation sites is 6. The number of hydrogen-bond acceptors (Lipinski definition) is 5. The lowest BCUT2D eigenvalue weighted by Crippen LogP contribution is -2.15. The average molecular weight is 880 g/mol. The molecule has 0 spiro atoms. The Balaban J connectivity index is 1.42. The van der Waals surface area contributed by atoms with Gasteiger partial charge in [0.15, 0.2) is 0 Å². The molecule has 6 aromatic heterocycles. The Labute approximate surface area is 394 Å². The van der Waals surface area contributed by atoms with Gasteiger partial charge in [-0.25, -0.2) is 4.85 Å². The third-order valence-electron chi connectivity index (χ3n) is 13.3. The van der Waals surface area contributed by atoms with E-state index in [1.165, 1.54) is 0 Å². The first kappa shape index (κ1) is 39.2. The molecule has 0 aliphatic rings. The second kappa shape index (κ2) is 15.5. The van der Waals surface area contributed by atoms with Crippen molar-refractivity contribution in [1.82, 2.24) is 28.7 Å². The largest absolute Gasteiger partial charge is 0.306 e. The van der Waals surface area contributed by atoms with E-state index in [0.717, 1.165) is 93.6 Å². The van der Waals surface area contributed by atoms with Crippen LogP contribution in [-0.4, -0.2) is 28.7 Å². The van der Waals surface area contributed by atoms with Gasteiger partial charge in [-0.15, -0.1) is 0 Å². The zero-order valence-corrected chi connectivity index (χ0v) is 36.6. The van der Waals surface area contributed by atoms with E-state index in [-0.39, 0.29) is 0 Å². The highest BCUT2D eigenvalue weighted by Gasteiger charge is 2.35. The van der Waals surface area contributed by atoms with E-state index in [0.29, 0.717) is 39.5 Å². The van der Waals surface area contributed by atoms with Crippen molar-refractivity contribution < 1.29 is 0 Å². The predicted octanol–water partition coefficient (Wildman–Crippen LogP) is 14.5. The highest BCUT2D eigenvalue weighted by molar-refractivity contribution is 6.17. The molecule has 0 radical (unpaired) electrons. The summed E-state index contributed by atoms with van der Waals surface area (Å²) in [5.41, 5.74) is 13.4. The molecular weight excluding hydrogens is 847 g/mol. The van der Waals surface area contributed by atoms with Crippen LogP contribution in [0.25, 0.3) is 121 Å². The minimum Gasteiger partial charge on any atom is -0.306 e. The van der Waals surface area contributed by atoms with E-state index in [9.17, 15) is 10.5 Å². The normalized spacial score (nSPS) is 11.4. The van der Waals surface area contributed by atoms with Crippen LogP contribution in [0, 0.1) is 29.2 Å². The third kappa shape index (κ3) is 5.84. The van der Waals surface area contributed by atoms with Gasteiger partial charge in [-0.2, -0.15) is 10.5 Å². The van der Waals surface area contributed by atoms with Crippen LogP contribution in [0.15, 0.2) is 201 Å². The molecule has 6 heterocycles. The number of nitrogens with zero attached hydrogens (tertiary/aromatic N) is 9. The summed E-state index contributed by atoms with van der Waals surface area (Å²) >= 11 is 0. The number of hydrogen-bond donors (Lipinski definition) is 0. The number of fused-ring (bicyclic) bond motifs is 9. The minimum atomic E-state index is 0.397. The summed E-state index contributed by atoms with van der Waals surface area (Å²) in [5.74, 6) is 0. The molecule has 7 aromatic carbocycles. The summed E-state index contributed by atoms with van der Waals surface area (Å²) < 4.78 is 7.12. The Kier molecular flexibility index (Phi) is 8.82. The fraction of sp³-hybridized carbons (Fsp3) is 0. The zero-order chi connectivity index (χ0) is 46.2. The van der Waals surface area contributed by atoms with Crippen LogP contribution in [0.4, 0.5) is 5.69 Å². The van der Waals surface area contributed by atoms with Crippen LogP contribution < -0.4 is 0 Å². The van der Waals surface area contributed by atoms with E-state index in [2.05, 4.69) is 176 Å². The molecule has 0 bridgehead atoms. The molecule has 69 heavy (non-hydrogen) atoms. The van der Waals surface area contributed by atoms with Gasteiger partial charge in [0, 0.05) is 67.6 Å². The summed E-state index contributed by atoms with van der Waals surface area (Å²) in [6.45, 7) is 7.98. The van der Waals surface area contributed by atoms with E-state index in [1.54, 1.807) is 30.7 Å². The van der Waals surface area contributed by atoms with Crippen molar-refractivity contribution in [3.05, 3.63) is 223 Å². The van der Waals surface area contributed by atoms with Crippen LogP contribution in [0.3, 0.4) is 0 Å². The van der Waals surface area contributed by atoms with E-state index >= 15 is 0 Å². The molecule has 13 rings (SSSR count). The molecule has 0 amide bonds. The zero-order valence-electron chi connectivity index (χ0n) is 36.6. The molecular formula is C60H33N9. The van der Waals surface area contributed by atoms with Crippen molar-refractivity contribution >= 4 is 71.1 Å². The highest BCUT2D eigenvalue weighted by Crippen LogP contribution is 2.54. The first-order valence-electron chi connectivity index (χ1n) is 22.4. The number of pyridine rings is 3. The van der Waals surface area contributed by atoms with Gasteiger partial charge in [0.2, 0.25) is 5.69 Å². The summed E-state index contributed by atoms with van der Waals surface area (Å²) in [4.78, 5) is 19.3. The quantitative estimate of drug-likeness (QED) is 0.155. The lowest BCUT2D eigenvalue weighted by atomic mass is 9.87. The highest BCUT2D eigenvalue weighted by atomic mass is 15.1. The van der Waals surface area contributed by atoms with Crippen LogP contribution >= 0.6 is 0 Å². The Morgan fingerprint density at radius 3 is 0.942 bits per heavy atom. The second-order valence-corrected chi connectivity index (χ2v) is 16.9. The van der Waals surface area contributed by atoms with E-state index in [4.69, 9.17) is 21.5 Å². The minimum absolute atomic E-state index is 0.397. The summed E-state index contributed by atoms with van der Waals surface area (Å²) in [6, 6.07) is 66.7. The van der Waals surface area contributed by atoms with Gasteiger partial charge in [-0.1, -0.05) is 115 Å². The Hall–Kier alpha value is -10.1. The lowest BCUT2D eigenvalue weighted by Gasteiger charge is -2.30. The Morgan fingerprint density at radius 2 is 0.652 bits per heavy atom. The smallest absolute Gasteiger partial charge is 0.205 e. The van der Waals surface area contributed by atoms with Crippen molar-refractivity contribution in [2.75, 3.05) is 0 Å². The van der Waals surface area contributed by atoms with Crippen LogP contribution in [0.2, 0.25) is 0 Å². The monoisotopic (exact) mass is 879 g/mol. The van der Waals surface area contributed by atoms with Crippen molar-refractivity contribution in [3.8, 4) is 63.0 Å². The Bertz CT molecular complexity index is 4020. The maximum Gasteiger partial charge on any atom is 0.205 e. The van der Waals surface area contributed by atoms with Gasteiger partial charge in [0.05, 0.1) is 84.9 Å². The molecule has 13 aromatic rings. The van der Waals surface area contributed by atoms with Gasteiger partial charge in [-0.3, -0.25) is 15.0 Å². The van der Waals surface area contributed by atoms with Crippen LogP contribution in [0.5, 0.6) is 0 Å². The third-order valence-corrected chi connectivity index (χ3v) is 13.3. The van der Waals surface area contributed by atoms with Crippen molar-refractivity contribution in [2.24, 2.45) is 0 Å². The van der Waals surface area contributed by atoms with Crippen LogP contribution in [0.1, 0.15) is 11.1 Å². The number of benzene rings is 7. The molecule has 0 fully saturated rings. The van der Waals surface area contributed by atoms with E-state index < -0.39 is 0 Å². The summed E-state index contributed by atoms with van der Waals surface area (Å²) in [6.07, 6.45) is 4.84. The average Bonchev–Trinajstić information content (AvgIpc) is 4.06. The fourth-order valence-corrected chi connectivity index (χ4v) is 10.4. The topological polar surface area (TPSA) is 105 Å². The van der Waals surface area contributed by atoms with Crippen molar-refractivity contribution in [3.63, 3.8) is 0 Å². The molecule has 0 atom stereocenters. The number of rotatable bonds is 6. The molecule has 318 valence electrons. The van der Waals surface area contributed by atoms with Crippen molar-refractivity contribution in [2.45, 2.75) is 0 Å². The summed E-state index contributed by atoms with van der Waals surface area (Å²) in [5, 5.41) is 26.7. The van der Waals surface area contributed by atoms with E-state index in [1.807, 2.05) is 24.3 Å². The molecule has 0 unspecified atom stereocenters. The van der Waals surface area contributed by atoms with Crippen LogP contribution in [-0.2, 0) is 0 Å². The maximum atomic E-state index is 10.2. The first-order chi connectivity index (χ1) is 34.1. The van der Waals surface area contributed by atoms with Crippen molar-refractivity contribution in [1.29, 1.82) is 10.5 Å². The van der Waals surface area contributed by atoms with Gasteiger partial charge in [0.25, 0.3) is 0 Å². The molecule has 0 N–H and O–H groups in total. The maximum absolute atomic E-state index is 10.2. The fourth-order valence-electron chi connectivity index (χ4n) is 10.4. The molecule has 0 aliphatic heterocycles. The van der Waals surface area contributed by atoms with Gasteiger partial charge in [0.1, 0.15) is 12.1 Å². The SMILES string of the molecule is [C-]#[N+]c1ccc(-c2c(-c3ccc(C#N)cn3)c(-c3ccc(C#N)cn3)c(-n3c4ccccc4c4ccccc43)c(-n3c4ccccc4c4ccccc43)c2-n2c3ccccc3c3ccccc32)nc1. The first-order valence-corrected chi connectivity index (χ1v) is 22.4. The standard InChI is InChI=1S/C60H33N9/c1-63-39-28-31-48(66-36-39)57-55(46-29-26-37(32-61)34-64-46)56(47-30-27-38(33-62)35-65-47)58(67-49-20-8-2-14-40(49)41-15-3-9-21-50(41)67)60(69-53-24-12-6-18-44(53)45-19-7-13-25-54(45)69)59(57)68-51-22-10-4-16-42(51)43-17-5-11-23-52(43)68/h2-31,34-36H. The lowest BCUT2D eigenvalue weighted by molar-refractivity contribution is 1.05. The molecule has 0 aliphatic carbocycles. The molecule has 0 saturated heterocycles. The Morgan fingerprint density at radius 1 is 0.348 bits per heavy atom. The van der Waals surface area contributed by atoms with Gasteiger partial charge >= 0.3 is 0 Å². The second-order valence-electron chi connectivity index (χ2n) is 16.9. The predicted molar refractivity (Wildman–Crippen MR) is 275 cm³/mol.